The number of nitrogens with zero attached hydrogens (tertiary/aromatic N) is 2. The fourth-order valence-corrected chi connectivity index (χ4v) is 3.47. The average molecular weight is 424 g/mol. The lowest BCUT2D eigenvalue weighted by Gasteiger charge is -2.36. The Morgan fingerprint density at radius 3 is 2.10 bits per heavy atom. The average Bonchev–Trinajstić information content (AvgIpc) is 2.78. The van der Waals surface area contributed by atoms with Gasteiger partial charge in [-0.3, -0.25) is 14.4 Å². The number of carbonyl (C=O) groups is 3. The first kappa shape index (κ1) is 22.3. The van der Waals surface area contributed by atoms with Crippen LogP contribution in [-0.4, -0.2) is 64.8 Å². The van der Waals surface area contributed by atoms with Crippen molar-refractivity contribution in [3.05, 3.63) is 59.7 Å². The van der Waals surface area contributed by atoms with E-state index in [1.54, 1.807) is 41.0 Å². The third-order valence-electron chi connectivity index (χ3n) is 5.38. The highest BCUT2D eigenvalue weighted by Crippen LogP contribution is 2.18. The Morgan fingerprint density at radius 2 is 1.48 bits per heavy atom. The summed E-state index contributed by atoms with van der Waals surface area (Å²) in [5.41, 5.74) is 1.71. The van der Waals surface area contributed by atoms with Crippen molar-refractivity contribution in [1.82, 2.24) is 9.80 Å². The molecule has 0 saturated carbocycles. The van der Waals surface area contributed by atoms with Crippen LogP contribution >= 0.6 is 0 Å². The van der Waals surface area contributed by atoms with Gasteiger partial charge in [0.05, 0.1) is 0 Å². The van der Waals surface area contributed by atoms with Gasteiger partial charge < -0.3 is 19.6 Å². The number of rotatable bonds is 7. The van der Waals surface area contributed by atoms with Crippen LogP contribution in [-0.2, 0) is 9.59 Å². The zero-order valence-corrected chi connectivity index (χ0v) is 17.9. The molecule has 1 unspecified atom stereocenters. The maximum absolute atomic E-state index is 12.6. The quantitative estimate of drug-likeness (QED) is 0.691. The van der Waals surface area contributed by atoms with Crippen molar-refractivity contribution in [1.29, 1.82) is 0 Å². The number of ketones is 1. The summed E-state index contributed by atoms with van der Waals surface area (Å²) in [5, 5.41) is 9.33. The normalized spacial score (nSPS) is 14.8. The lowest BCUT2D eigenvalue weighted by Crippen LogP contribution is -2.53. The maximum Gasteiger partial charge on any atom is 0.263 e. The monoisotopic (exact) mass is 424 g/mol. The molecule has 3 rings (SSSR count). The minimum atomic E-state index is -0.668. The largest absolute Gasteiger partial charge is 0.508 e. The van der Waals surface area contributed by atoms with Crippen molar-refractivity contribution >= 4 is 17.6 Å². The first-order valence-corrected chi connectivity index (χ1v) is 10.5. The van der Waals surface area contributed by atoms with E-state index in [-0.39, 0.29) is 36.2 Å². The van der Waals surface area contributed by atoms with Gasteiger partial charge in [-0.2, -0.15) is 0 Å². The van der Waals surface area contributed by atoms with Crippen molar-refractivity contribution in [2.45, 2.75) is 32.8 Å². The molecule has 0 spiro atoms. The molecule has 7 nitrogen and oxygen atoms in total. The Balaban J connectivity index is 1.43. The van der Waals surface area contributed by atoms with Crippen LogP contribution in [0.3, 0.4) is 0 Å². The zero-order chi connectivity index (χ0) is 22.4. The minimum absolute atomic E-state index is 0.0395. The van der Waals surface area contributed by atoms with Crippen molar-refractivity contribution in [2.24, 2.45) is 0 Å². The molecule has 31 heavy (non-hydrogen) atoms. The molecule has 1 heterocycles. The summed E-state index contributed by atoms with van der Waals surface area (Å²) in [7, 11) is 0. The number of phenolic OH excluding ortho intramolecular Hbond substituents is 1. The molecule has 1 fully saturated rings. The number of Topliss-reactive ketones (excluding diaryl/α,β-unsaturated/α-hetero) is 1. The second kappa shape index (κ2) is 10.1. The summed E-state index contributed by atoms with van der Waals surface area (Å²) in [6.07, 6.45) is -0.321. The van der Waals surface area contributed by atoms with Gasteiger partial charge in [0.2, 0.25) is 5.91 Å². The van der Waals surface area contributed by atoms with E-state index in [9.17, 15) is 19.5 Å². The standard InChI is InChI=1S/C24H28N2O5/c1-17-3-5-19(6-4-17)22(28)11-12-23(29)25-13-15-26(16-14-25)24(30)18(2)31-21-9-7-20(27)8-10-21/h3-10,18,27H,11-16H2,1-2H3. The second-order valence-electron chi connectivity index (χ2n) is 7.75. The Bertz CT molecular complexity index is 916. The molecule has 164 valence electrons. The number of aromatic hydroxyl groups is 1. The fourth-order valence-electron chi connectivity index (χ4n) is 3.47. The molecule has 2 aromatic rings. The number of piperazine rings is 1. The number of hydrogen-bond acceptors (Lipinski definition) is 5. The van der Waals surface area contributed by atoms with E-state index in [0.717, 1.165) is 5.56 Å². The SMILES string of the molecule is Cc1ccc(C(=O)CCC(=O)N2CCN(C(=O)C(C)Oc3ccc(O)cc3)CC2)cc1. The number of amides is 2. The van der Waals surface area contributed by atoms with Crippen molar-refractivity contribution in [2.75, 3.05) is 26.2 Å². The first-order chi connectivity index (χ1) is 14.8. The molecule has 2 aromatic carbocycles. The molecule has 1 aliphatic rings. The number of benzene rings is 2. The van der Waals surface area contributed by atoms with Crippen LogP contribution in [0.2, 0.25) is 0 Å². The number of hydrogen-bond donors (Lipinski definition) is 1. The molecule has 1 aliphatic heterocycles. The highest BCUT2D eigenvalue weighted by atomic mass is 16.5. The van der Waals surface area contributed by atoms with E-state index in [1.165, 1.54) is 12.1 Å². The van der Waals surface area contributed by atoms with Crippen LogP contribution in [0.4, 0.5) is 0 Å². The summed E-state index contributed by atoms with van der Waals surface area (Å²) >= 11 is 0. The topological polar surface area (TPSA) is 87.2 Å². The number of phenols is 1. The predicted molar refractivity (Wildman–Crippen MR) is 116 cm³/mol. The van der Waals surface area contributed by atoms with Gasteiger partial charge in [-0.05, 0) is 38.1 Å². The highest BCUT2D eigenvalue weighted by molar-refractivity contribution is 5.98. The van der Waals surface area contributed by atoms with E-state index in [0.29, 0.717) is 37.5 Å². The molecule has 0 aromatic heterocycles. The predicted octanol–water partition coefficient (Wildman–Crippen LogP) is 2.80. The molecule has 1 atom stereocenters. The third kappa shape index (κ3) is 6.07. The van der Waals surface area contributed by atoms with Gasteiger partial charge in [-0.15, -0.1) is 0 Å². The van der Waals surface area contributed by atoms with Gasteiger partial charge >= 0.3 is 0 Å². The van der Waals surface area contributed by atoms with E-state index in [4.69, 9.17) is 4.74 Å². The smallest absolute Gasteiger partial charge is 0.263 e. The van der Waals surface area contributed by atoms with E-state index >= 15 is 0 Å². The van der Waals surface area contributed by atoms with Gasteiger partial charge in [-0.25, -0.2) is 0 Å². The number of ether oxygens (including phenoxy) is 1. The van der Waals surface area contributed by atoms with E-state index in [2.05, 4.69) is 0 Å². The Kier molecular flexibility index (Phi) is 7.28. The van der Waals surface area contributed by atoms with Gasteiger partial charge in [0.15, 0.2) is 11.9 Å². The molecular formula is C24H28N2O5. The first-order valence-electron chi connectivity index (χ1n) is 10.5. The van der Waals surface area contributed by atoms with Crippen LogP contribution in [0.15, 0.2) is 48.5 Å². The van der Waals surface area contributed by atoms with E-state index < -0.39 is 6.10 Å². The van der Waals surface area contributed by atoms with E-state index in [1.807, 2.05) is 19.1 Å². The van der Waals surface area contributed by atoms with Crippen LogP contribution in [0.25, 0.3) is 0 Å². The minimum Gasteiger partial charge on any atom is -0.508 e. The molecule has 0 radical (unpaired) electrons. The second-order valence-corrected chi connectivity index (χ2v) is 7.75. The summed E-state index contributed by atoms with van der Waals surface area (Å²) < 4.78 is 5.65. The third-order valence-corrected chi connectivity index (χ3v) is 5.38. The summed E-state index contributed by atoms with van der Waals surface area (Å²) in [4.78, 5) is 40.8. The Labute approximate surface area is 182 Å². The summed E-state index contributed by atoms with van der Waals surface area (Å²) in [6, 6.07) is 13.6. The summed E-state index contributed by atoms with van der Waals surface area (Å²) in [5.74, 6) is 0.386. The highest BCUT2D eigenvalue weighted by Gasteiger charge is 2.28. The molecule has 2 amide bonds. The maximum atomic E-state index is 12.6. The van der Waals surface area contributed by atoms with Gasteiger partial charge in [-0.1, -0.05) is 29.8 Å². The van der Waals surface area contributed by atoms with Crippen LogP contribution < -0.4 is 4.74 Å². The van der Waals surface area contributed by atoms with Gasteiger partial charge in [0.1, 0.15) is 11.5 Å². The Hall–Kier alpha value is -3.35. The molecule has 7 heteroatoms. The van der Waals surface area contributed by atoms with Crippen molar-refractivity contribution in [3.8, 4) is 11.5 Å². The lowest BCUT2D eigenvalue weighted by molar-refractivity contribution is -0.143. The molecular weight excluding hydrogens is 396 g/mol. The van der Waals surface area contributed by atoms with Crippen LogP contribution in [0, 0.1) is 6.92 Å². The van der Waals surface area contributed by atoms with Gasteiger partial charge in [0, 0.05) is 44.6 Å². The van der Waals surface area contributed by atoms with Crippen molar-refractivity contribution in [3.63, 3.8) is 0 Å². The molecule has 1 N–H and O–H groups in total. The number of aryl methyl sites for hydroxylation is 1. The van der Waals surface area contributed by atoms with Crippen LogP contribution in [0.5, 0.6) is 11.5 Å². The number of carbonyl (C=O) groups excluding carboxylic acids is 3. The van der Waals surface area contributed by atoms with Crippen molar-refractivity contribution < 1.29 is 24.2 Å². The zero-order valence-electron chi connectivity index (χ0n) is 17.9. The molecule has 0 aliphatic carbocycles. The molecule has 1 saturated heterocycles. The Morgan fingerprint density at radius 1 is 0.903 bits per heavy atom. The van der Waals surface area contributed by atoms with Crippen LogP contribution in [0.1, 0.15) is 35.7 Å². The summed E-state index contributed by atoms with van der Waals surface area (Å²) in [6.45, 7) is 5.38. The lowest BCUT2D eigenvalue weighted by atomic mass is 10.0. The fraction of sp³-hybridized carbons (Fsp3) is 0.375. The molecule has 0 bridgehead atoms. The van der Waals surface area contributed by atoms with Gasteiger partial charge in [0.25, 0.3) is 5.91 Å².